The number of aromatic nitrogens is 2. The number of hydrogen-bond acceptors (Lipinski definition) is 7. The third-order valence-corrected chi connectivity index (χ3v) is 4.11. The molecule has 0 radical (unpaired) electrons. The first-order valence-corrected chi connectivity index (χ1v) is 7.88. The first kappa shape index (κ1) is 17.8. The topological polar surface area (TPSA) is 141 Å². The number of anilines is 2. The number of nitrogens with two attached hydrogens (primary N) is 1. The van der Waals surface area contributed by atoms with Gasteiger partial charge in [0.05, 0.1) is 5.97 Å². The zero-order chi connectivity index (χ0) is 17.9. The van der Waals surface area contributed by atoms with Crippen molar-refractivity contribution in [3.05, 3.63) is 45.2 Å². The molecular weight excluding hydrogens is 356 g/mol. The summed E-state index contributed by atoms with van der Waals surface area (Å²) in [5.41, 5.74) is 5.04. The third-order valence-electron chi connectivity index (χ3n) is 2.89. The van der Waals surface area contributed by atoms with Gasteiger partial charge in [0.1, 0.15) is 5.69 Å². The highest BCUT2D eigenvalue weighted by Crippen LogP contribution is 2.21. The highest BCUT2D eigenvalue weighted by Gasteiger charge is 2.15. The van der Waals surface area contributed by atoms with Gasteiger partial charge in [-0.25, -0.2) is 4.98 Å². The second kappa shape index (κ2) is 7.37. The fraction of sp³-hybridized carbons (Fsp3) is 0.143. The van der Waals surface area contributed by atoms with Crippen molar-refractivity contribution < 1.29 is 14.7 Å². The van der Waals surface area contributed by atoms with Crippen molar-refractivity contribution in [3.8, 4) is 0 Å². The number of rotatable bonds is 5. The molecule has 0 aliphatic rings. The van der Waals surface area contributed by atoms with Gasteiger partial charge in [-0.15, -0.1) is 0 Å². The van der Waals surface area contributed by atoms with Crippen molar-refractivity contribution in [3.63, 3.8) is 0 Å². The number of benzene rings is 1. The molecule has 1 aromatic heterocycles. The van der Waals surface area contributed by atoms with E-state index < -0.39 is 22.7 Å². The summed E-state index contributed by atoms with van der Waals surface area (Å²) >= 11 is 6.51. The predicted molar refractivity (Wildman–Crippen MR) is 89.0 cm³/mol. The van der Waals surface area contributed by atoms with Crippen molar-refractivity contribution in [2.45, 2.75) is 17.3 Å². The van der Waals surface area contributed by atoms with Gasteiger partial charge in [0, 0.05) is 15.8 Å². The Hall–Kier alpha value is -2.52. The van der Waals surface area contributed by atoms with Crippen LogP contribution in [0.1, 0.15) is 17.3 Å². The first-order valence-electron chi connectivity index (χ1n) is 6.62. The number of aromatic amines is 1. The van der Waals surface area contributed by atoms with E-state index in [2.05, 4.69) is 15.3 Å². The Morgan fingerprint density at radius 2 is 2.00 bits per heavy atom. The number of carbonyl (C=O) groups is 2. The van der Waals surface area contributed by atoms with Gasteiger partial charge in [-0.2, -0.15) is 0 Å². The minimum Gasteiger partial charge on any atom is -0.549 e. The molecule has 0 saturated carbocycles. The summed E-state index contributed by atoms with van der Waals surface area (Å²) in [6.07, 6.45) is 0. The van der Waals surface area contributed by atoms with Crippen molar-refractivity contribution in [2.24, 2.45) is 0 Å². The maximum atomic E-state index is 12.1. The second-order valence-electron chi connectivity index (χ2n) is 4.67. The van der Waals surface area contributed by atoms with E-state index in [1.165, 1.54) is 31.2 Å². The van der Waals surface area contributed by atoms with Crippen molar-refractivity contribution >= 4 is 46.7 Å². The van der Waals surface area contributed by atoms with Gasteiger partial charge in [-0.1, -0.05) is 23.4 Å². The molecule has 0 unspecified atom stereocenters. The van der Waals surface area contributed by atoms with E-state index >= 15 is 0 Å². The fourth-order valence-electron chi connectivity index (χ4n) is 1.65. The largest absolute Gasteiger partial charge is 0.549 e. The molecule has 0 spiro atoms. The summed E-state index contributed by atoms with van der Waals surface area (Å²) in [6.45, 7) is 1.38. The van der Waals surface area contributed by atoms with Gasteiger partial charge in [0.25, 0.3) is 11.5 Å². The Morgan fingerprint density at radius 3 is 2.54 bits per heavy atom. The van der Waals surface area contributed by atoms with Crippen LogP contribution in [0.15, 0.2) is 34.2 Å². The molecular formula is C14H12ClN4O4S-. The number of carbonyl (C=O) groups excluding carboxylic acids is 2. The van der Waals surface area contributed by atoms with Crippen LogP contribution in [0.2, 0.25) is 5.02 Å². The number of nitrogen functional groups attached to an aromatic ring is 1. The number of nitrogens with zero attached hydrogens (tertiary/aromatic N) is 1. The number of nitrogens with one attached hydrogen (secondary N) is 2. The summed E-state index contributed by atoms with van der Waals surface area (Å²) < 4.78 is 0. The molecule has 1 aromatic carbocycles. The monoisotopic (exact) mass is 367 g/mol. The number of carboxylic acids is 1. The maximum absolute atomic E-state index is 12.1. The number of halogens is 1. The number of aliphatic carboxylic acids is 1. The first-order chi connectivity index (χ1) is 11.3. The molecule has 126 valence electrons. The van der Waals surface area contributed by atoms with Crippen LogP contribution in [0.4, 0.5) is 11.5 Å². The second-order valence-corrected chi connectivity index (χ2v) is 6.44. The van der Waals surface area contributed by atoms with E-state index in [9.17, 15) is 19.5 Å². The molecule has 0 aliphatic heterocycles. The highest BCUT2D eigenvalue weighted by molar-refractivity contribution is 8.00. The van der Waals surface area contributed by atoms with Gasteiger partial charge >= 0.3 is 0 Å². The van der Waals surface area contributed by atoms with E-state index in [4.69, 9.17) is 17.3 Å². The Bertz CT molecular complexity index is 838. The van der Waals surface area contributed by atoms with E-state index in [1.807, 2.05) is 0 Å². The summed E-state index contributed by atoms with van der Waals surface area (Å²) in [7, 11) is 0. The standard InChI is InChI=1S/C14H13ClN4O4S/c1-6(13(22)23)24-14-18-10(16)9(12(21)19-14)17-11(20)7-2-4-8(15)5-3-7/h2-6H,1H3,(H,17,20)(H,22,23)(H3,16,18,19,21)/p-1/t6-/m0/s1. The molecule has 0 aliphatic carbocycles. The molecule has 0 saturated heterocycles. The molecule has 2 rings (SSSR count). The average Bonchev–Trinajstić information content (AvgIpc) is 2.51. The smallest absolute Gasteiger partial charge is 0.277 e. The lowest BCUT2D eigenvalue weighted by Gasteiger charge is -2.12. The molecule has 4 N–H and O–H groups in total. The lowest BCUT2D eigenvalue weighted by molar-refractivity contribution is -0.304. The van der Waals surface area contributed by atoms with Crippen LogP contribution < -0.4 is 21.7 Å². The predicted octanol–water partition coefficient (Wildman–Crippen LogP) is 0.488. The summed E-state index contributed by atoms with van der Waals surface area (Å²) in [5.74, 6) is -2.09. The minimum absolute atomic E-state index is 0.0127. The molecule has 2 aromatic rings. The van der Waals surface area contributed by atoms with Crippen LogP contribution in [-0.2, 0) is 4.79 Å². The Morgan fingerprint density at radius 1 is 1.38 bits per heavy atom. The fourth-order valence-corrected chi connectivity index (χ4v) is 2.51. The quantitative estimate of drug-likeness (QED) is 0.515. The van der Waals surface area contributed by atoms with Crippen molar-refractivity contribution in [1.29, 1.82) is 0 Å². The molecule has 1 heterocycles. The third kappa shape index (κ3) is 4.27. The number of thioether (sulfide) groups is 1. The zero-order valence-electron chi connectivity index (χ0n) is 12.3. The van der Waals surface area contributed by atoms with Crippen molar-refractivity contribution in [2.75, 3.05) is 11.1 Å². The van der Waals surface area contributed by atoms with Crippen LogP contribution in [0.3, 0.4) is 0 Å². The number of carboxylic acid groups (broad SMARTS) is 1. The lowest BCUT2D eigenvalue weighted by atomic mass is 10.2. The molecule has 1 amide bonds. The minimum atomic E-state index is -1.30. The average molecular weight is 368 g/mol. The number of hydrogen-bond donors (Lipinski definition) is 3. The van der Waals surface area contributed by atoms with Crippen LogP contribution in [0, 0.1) is 0 Å². The number of H-pyrrole nitrogens is 1. The highest BCUT2D eigenvalue weighted by atomic mass is 35.5. The van der Waals surface area contributed by atoms with Crippen LogP contribution in [-0.4, -0.2) is 27.1 Å². The zero-order valence-corrected chi connectivity index (χ0v) is 13.9. The van der Waals surface area contributed by atoms with E-state index in [1.54, 1.807) is 0 Å². The van der Waals surface area contributed by atoms with Crippen LogP contribution >= 0.6 is 23.4 Å². The van der Waals surface area contributed by atoms with E-state index in [0.717, 1.165) is 11.8 Å². The molecule has 1 atom stereocenters. The summed E-state index contributed by atoms with van der Waals surface area (Å²) in [4.78, 5) is 41.1. The van der Waals surface area contributed by atoms with E-state index in [0.29, 0.717) is 5.02 Å². The number of amides is 1. The van der Waals surface area contributed by atoms with Crippen molar-refractivity contribution in [1.82, 2.24) is 9.97 Å². The summed E-state index contributed by atoms with van der Waals surface area (Å²) in [6, 6.07) is 6.04. The molecule has 0 fully saturated rings. The molecule has 10 heteroatoms. The SMILES string of the molecule is C[C@H](Sc1nc(N)c(NC(=O)c2ccc(Cl)cc2)c(=O)[nH]1)C(=O)[O-]. The molecule has 24 heavy (non-hydrogen) atoms. The molecule has 0 bridgehead atoms. The van der Waals surface area contributed by atoms with Gasteiger partial charge in [-0.3, -0.25) is 14.6 Å². The van der Waals surface area contributed by atoms with Crippen LogP contribution in [0.25, 0.3) is 0 Å². The van der Waals surface area contributed by atoms with Gasteiger partial charge in [-0.05, 0) is 31.2 Å². The Balaban J connectivity index is 2.22. The normalized spacial score (nSPS) is 11.8. The van der Waals surface area contributed by atoms with Gasteiger partial charge in [0.15, 0.2) is 11.0 Å². The Labute approximate surface area is 145 Å². The van der Waals surface area contributed by atoms with Crippen LogP contribution in [0.5, 0.6) is 0 Å². The summed E-state index contributed by atoms with van der Waals surface area (Å²) in [5, 5.41) is 12.6. The van der Waals surface area contributed by atoms with Gasteiger partial charge in [0.2, 0.25) is 0 Å². The lowest BCUT2D eigenvalue weighted by Crippen LogP contribution is -2.31. The molecule has 8 nitrogen and oxygen atoms in total. The van der Waals surface area contributed by atoms with Gasteiger partial charge < -0.3 is 21.0 Å². The maximum Gasteiger partial charge on any atom is 0.277 e. The van der Waals surface area contributed by atoms with E-state index in [-0.39, 0.29) is 22.2 Å². The Kier molecular flexibility index (Phi) is 5.47.